The smallest absolute Gasteiger partial charge is 0.410 e. The fraction of sp³-hybridized carbons (Fsp3) is 0.941. The van der Waals surface area contributed by atoms with Crippen molar-refractivity contribution in [3.8, 4) is 0 Å². The van der Waals surface area contributed by atoms with Gasteiger partial charge in [-0.15, -0.1) is 0 Å². The number of ether oxygens (including phenoxy) is 1. The van der Waals surface area contributed by atoms with E-state index in [1.165, 1.54) is 4.90 Å². The molecule has 1 amide bonds. The third-order valence-corrected chi connectivity index (χ3v) is 9.22. The Morgan fingerprint density at radius 1 is 1.17 bits per heavy atom. The summed E-state index contributed by atoms with van der Waals surface area (Å²) in [6, 6.07) is -0.106. The van der Waals surface area contributed by atoms with Crippen LogP contribution in [0.4, 0.5) is 9.18 Å². The number of nitrogens with zero attached hydrogens (tertiary/aromatic N) is 1. The van der Waals surface area contributed by atoms with E-state index in [0.29, 0.717) is 19.4 Å². The Labute approximate surface area is 141 Å². The third kappa shape index (κ3) is 6.07. The molecule has 0 saturated carbocycles. The molecule has 2 atom stereocenters. The Morgan fingerprint density at radius 3 is 2.22 bits per heavy atom. The summed E-state index contributed by atoms with van der Waals surface area (Å²) in [4.78, 5) is 13.9. The second-order valence-corrected chi connectivity index (χ2v) is 13.8. The highest BCUT2D eigenvalue weighted by Gasteiger charge is 2.40. The Balaban J connectivity index is 2.76. The average Bonchev–Trinajstić information content (AvgIpc) is 2.33. The van der Waals surface area contributed by atoms with Crippen LogP contribution >= 0.6 is 0 Å². The van der Waals surface area contributed by atoms with E-state index in [1.807, 2.05) is 20.8 Å². The van der Waals surface area contributed by atoms with Gasteiger partial charge < -0.3 is 14.1 Å². The van der Waals surface area contributed by atoms with Crippen LogP contribution in [0.2, 0.25) is 18.1 Å². The first-order chi connectivity index (χ1) is 10.2. The summed E-state index contributed by atoms with van der Waals surface area (Å²) in [7, 11) is -1.89. The highest BCUT2D eigenvalue weighted by Crippen LogP contribution is 2.37. The Hall–Kier alpha value is -0.623. The lowest BCUT2D eigenvalue weighted by molar-refractivity contribution is -0.00871. The molecule has 0 radical (unpaired) electrons. The van der Waals surface area contributed by atoms with Crippen LogP contribution in [0.15, 0.2) is 0 Å². The molecule has 0 bridgehead atoms. The fourth-order valence-electron chi connectivity index (χ4n) is 2.22. The molecule has 0 aromatic heterocycles. The lowest BCUT2D eigenvalue weighted by Gasteiger charge is -2.41. The van der Waals surface area contributed by atoms with Gasteiger partial charge in [0.05, 0.1) is 19.2 Å². The molecular weight excluding hydrogens is 313 g/mol. The van der Waals surface area contributed by atoms with Crippen LogP contribution in [-0.2, 0) is 9.16 Å². The van der Waals surface area contributed by atoms with Gasteiger partial charge in [-0.1, -0.05) is 20.8 Å². The summed E-state index contributed by atoms with van der Waals surface area (Å²) in [6.07, 6.45) is -0.324. The Kier molecular flexibility index (Phi) is 6.30. The molecule has 0 aromatic rings. The second kappa shape index (κ2) is 7.09. The zero-order valence-corrected chi connectivity index (χ0v) is 17.0. The maximum atomic E-state index is 13.8. The lowest BCUT2D eigenvalue weighted by atomic mass is 10.0. The van der Waals surface area contributed by atoms with Crippen LogP contribution in [0.25, 0.3) is 0 Å². The first kappa shape index (κ1) is 20.4. The van der Waals surface area contributed by atoms with Crippen LogP contribution < -0.4 is 0 Å². The highest BCUT2D eigenvalue weighted by atomic mass is 28.4. The van der Waals surface area contributed by atoms with E-state index in [0.717, 1.165) is 0 Å². The minimum absolute atomic E-state index is 0.0977. The van der Waals surface area contributed by atoms with Gasteiger partial charge in [0.2, 0.25) is 0 Å². The van der Waals surface area contributed by atoms with E-state index < -0.39 is 26.2 Å². The van der Waals surface area contributed by atoms with Gasteiger partial charge in [0, 0.05) is 0 Å². The predicted octanol–water partition coefficient (Wildman–Crippen LogP) is 4.75. The van der Waals surface area contributed by atoms with Crippen molar-refractivity contribution in [3.05, 3.63) is 0 Å². The summed E-state index contributed by atoms with van der Waals surface area (Å²) >= 11 is 0. The number of alkyl halides is 1. The topological polar surface area (TPSA) is 38.8 Å². The van der Waals surface area contributed by atoms with E-state index in [2.05, 4.69) is 33.9 Å². The summed E-state index contributed by atoms with van der Waals surface area (Å²) < 4.78 is 25.5. The summed E-state index contributed by atoms with van der Waals surface area (Å²) in [5, 5.41) is 0.112. The molecule has 1 saturated heterocycles. The molecule has 0 aromatic carbocycles. The molecule has 0 unspecified atom stereocenters. The van der Waals surface area contributed by atoms with Gasteiger partial charge in [-0.2, -0.15) is 0 Å². The van der Waals surface area contributed by atoms with Crippen molar-refractivity contribution in [2.45, 2.75) is 90.3 Å². The largest absolute Gasteiger partial charge is 0.444 e. The molecule has 1 heterocycles. The summed E-state index contributed by atoms with van der Waals surface area (Å²) in [6.45, 7) is 16.9. The Bertz CT molecular complexity index is 415. The normalized spacial score (nSPS) is 23.8. The fourth-order valence-corrected chi connectivity index (χ4v) is 3.26. The lowest BCUT2D eigenvalue weighted by Crippen LogP contribution is -2.53. The molecule has 4 nitrogen and oxygen atoms in total. The van der Waals surface area contributed by atoms with Gasteiger partial charge in [0.15, 0.2) is 8.32 Å². The van der Waals surface area contributed by atoms with Crippen molar-refractivity contribution in [3.63, 3.8) is 0 Å². The summed E-state index contributed by atoms with van der Waals surface area (Å²) in [5.41, 5.74) is -0.578. The minimum atomic E-state index is -1.89. The highest BCUT2D eigenvalue weighted by molar-refractivity contribution is 6.74. The number of rotatable bonds is 3. The first-order valence-electron chi connectivity index (χ1n) is 8.50. The summed E-state index contributed by atoms with van der Waals surface area (Å²) in [5.74, 6) is 0. The van der Waals surface area contributed by atoms with E-state index in [9.17, 15) is 9.18 Å². The molecule has 1 fully saturated rings. The molecular formula is C17H34FNO3Si. The molecule has 23 heavy (non-hydrogen) atoms. The monoisotopic (exact) mass is 347 g/mol. The molecule has 6 heteroatoms. The zero-order chi connectivity index (χ0) is 18.1. The standard InChI is InChI=1S/C17H34FNO3Si/c1-16(2,3)22-15(20)19-11-13(18)9-10-14(19)12-21-23(7,8)17(4,5)6/h13-14H,9-12H2,1-8H3/t13-,14-/m1/s1. The number of carbonyl (C=O) groups excluding carboxylic acids is 1. The van der Waals surface area contributed by atoms with Crippen molar-refractivity contribution in [1.29, 1.82) is 0 Å². The van der Waals surface area contributed by atoms with Crippen LogP contribution in [-0.4, -0.2) is 50.3 Å². The van der Waals surface area contributed by atoms with Gasteiger partial charge in [-0.25, -0.2) is 9.18 Å². The van der Waals surface area contributed by atoms with Gasteiger partial charge in [-0.3, -0.25) is 0 Å². The molecule has 136 valence electrons. The van der Waals surface area contributed by atoms with E-state index in [-0.39, 0.29) is 17.6 Å². The number of amides is 1. The minimum Gasteiger partial charge on any atom is -0.444 e. The number of hydrogen-bond donors (Lipinski definition) is 0. The maximum Gasteiger partial charge on any atom is 0.410 e. The molecule has 1 aliphatic rings. The van der Waals surface area contributed by atoms with Crippen molar-refractivity contribution in [2.24, 2.45) is 0 Å². The van der Waals surface area contributed by atoms with Crippen molar-refractivity contribution < 1.29 is 18.3 Å². The van der Waals surface area contributed by atoms with E-state index in [1.54, 1.807) is 0 Å². The van der Waals surface area contributed by atoms with E-state index >= 15 is 0 Å². The SMILES string of the molecule is CC(C)(C)OC(=O)N1C[C@H](F)CC[C@@H]1CO[Si](C)(C)C(C)(C)C. The van der Waals surface area contributed by atoms with Crippen molar-refractivity contribution in [2.75, 3.05) is 13.2 Å². The molecule has 0 N–H and O–H groups in total. The van der Waals surface area contributed by atoms with Gasteiger partial charge in [0.1, 0.15) is 11.8 Å². The average molecular weight is 348 g/mol. The third-order valence-electron chi connectivity index (χ3n) is 4.72. The number of carbonyl (C=O) groups is 1. The van der Waals surface area contributed by atoms with Gasteiger partial charge >= 0.3 is 6.09 Å². The number of halogens is 1. The van der Waals surface area contributed by atoms with Crippen molar-refractivity contribution in [1.82, 2.24) is 4.90 Å². The molecule has 1 rings (SSSR count). The van der Waals surface area contributed by atoms with Crippen LogP contribution in [0, 0.1) is 0 Å². The maximum absolute atomic E-state index is 13.8. The molecule has 0 aliphatic carbocycles. The second-order valence-electron chi connectivity index (χ2n) is 9.03. The Morgan fingerprint density at radius 2 is 1.74 bits per heavy atom. The number of likely N-dealkylation sites (tertiary alicyclic amines) is 1. The van der Waals surface area contributed by atoms with Gasteiger partial charge in [-0.05, 0) is 51.7 Å². The predicted molar refractivity (Wildman–Crippen MR) is 94.0 cm³/mol. The van der Waals surface area contributed by atoms with Crippen LogP contribution in [0.3, 0.4) is 0 Å². The number of hydrogen-bond acceptors (Lipinski definition) is 3. The zero-order valence-electron chi connectivity index (χ0n) is 16.0. The first-order valence-corrected chi connectivity index (χ1v) is 11.4. The van der Waals surface area contributed by atoms with E-state index in [4.69, 9.17) is 9.16 Å². The molecule has 0 spiro atoms. The van der Waals surface area contributed by atoms with Crippen LogP contribution in [0.5, 0.6) is 0 Å². The van der Waals surface area contributed by atoms with Crippen LogP contribution in [0.1, 0.15) is 54.4 Å². The van der Waals surface area contributed by atoms with Gasteiger partial charge in [0.25, 0.3) is 0 Å². The van der Waals surface area contributed by atoms with Crippen molar-refractivity contribution >= 4 is 14.4 Å². The molecule has 1 aliphatic heterocycles. The number of piperidine rings is 1. The quantitative estimate of drug-likeness (QED) is 0.692.